The lowest BCUT2D eigenvalue weighted by atomic mass is 10.1. The van der Waals surface area contributed by atoms with Crippen molar-refractivity contribution < 1.29 is 9.59 Å². The van der Waals surface area contributed by atoms with Crippen LogP contribution in [0.25, 0.3) is 10.9 Å². The molecule has 26 heavy (non-hydrogen) atoms. The maximum atomic E-state index is 12.6. The van der Waals surface area contributed by atoms with Crippen LogP contribution in [0.15, 0.2) is 42.7 Å². The first-order chi connectivity index (χ1) is 12.7. The standard InChI is InChI=1S/C19H21N5O2/c25-18(9-14-11-20-16-4-2-1-3-15(14)16)24-8-6-13(12-24)10-21-19(26)17-5-7-22-23-17/h1-5,7,11,13,20H,6,8-10,12H2,(H,21,26)(H,22,23). The molecule has 2 aromatic heterocycles. The van der Waals surface area contributed by atoms with E-state index in [0.717, 1.165) is 29.4 Å². The molecule has 1 aliphatic heterocycles. The number of hydrogen-bond donors (Lipinski definition) is 3. The van der Waals surface area contributed by atoms with Gasteiger partial charge in [-0.3, -0.25) is 14.7 Å². The SMILES string of the molecule is O=C(NCC1CCN(C(=O)Cc2c[nH]c3ccccc23)C1)c1ccn[nH]1. The maximum absolute atomic E-state index is 12.6. The Balaban J connectivity index is 1.30. The predicted octanol–water partition coefficient (Wildman–Crippen LogP) is 1.71. The molecular formula is C19H21N5O2. The zero-order chi connectivity index (χ0) is 17.9. The molecule has 7 heteroatoms. The van der Waals surface area contributed by atoms with Crippen molar-refractivity contribution in [3.05, 3.63) is 54.0 Å². The Morgan fingerprint density at radius 2 is 2.15 bits per heavy atom. The molecule has 1 fully saturated rings. The summed E-state index contributed by atoms with van der Waals surface area (Å²) in [5, 5.41) is 10.4. The molecule has 1 aliphatic rings. The van der Waals surface area contributed by atoms with Crippen LogP contribution in [0.5, 0.6) is 0 Å². The fraction of sp³-hybridized carbons (Fsp3) is 0.316. The Bertz CT molecular complexity index is 915. The van der Waals surface area contributed by atoms with E-state index in [0.29, 0.717) is 25.2 Å². The van der Waals surface area contributed by atoms with E-state index in [-0.39, 0.29) is 17.7 Å². The van der Waals surface area contributed by atoms with Gasteiger partial charge in [0.2, 0.25) is 5.91 Å². The lowest BCUT2D eigenvalue weighted by molar-refractivity contribution is -0.129. The number of aromatic nitrogens is 3. The summed E-state index contributed by atoms with van der Waals surface area (Å²) in [5.74, 6) is 0.261. The molecule has 134 valence electrons. The lowest BCUT2D eigenvalue weighted by Crippen LogP contribution is -2.33. The van der Waals surface area contributed by atoms with Gasteiger partial charge in [-0.15, -0.1) is 0 Å². The number of aromatic amines is 2. The highest BCUT2D eigenvalue weighted by atomic mass is 16.2. The van der Waals surface area contributed by atoms with Gasteiger partial charge >= 0.3 is 0 Å². The molecule has 3 heterocycles. The van der Waals surface area contributed by atoms with Crippen molar-refractivity contribution in [2.75, 3.05) is 19.6 Å². The third kappa shape index (κ3) is 3.33. The number of fused-ring (bicyclic) bond motifs is 1. The second-order valence-electron chi connectivity index (χ2n) is 6.71. The van der Waals surface area contributed by atoms with Gasteiger partial charge in [-0.25, -0.2) is 0 Å². The zero-order valence-electron chi connectivity index (χ0n) is 14.4. The van der Waals surface area contributed by atoms with E-state index in [2.05, 4.69) is 20.5 Å². The zero-order valence-corrected chi connectivity index (χ0v) is 14.4. The van der Waals surface area contributed by atoms with E-state index >= 15 is 0 Å². The monoisotopic (exact) mass is 351 g/mol. The summed E-state index contributed by atoms with van der Waals surface area (Å²) >= 11 is 0. The molecule has 1 saturated heterocycles. The van der Waals surface area contributed by atoms with E-state index in [4.69, 9.17) is 0 Å². The summed E-state index contributed by atoms with van der Waals surface area (Å²) in [6.07, 6.45) is 4.77. The first-order valence-electron chi connectivity index (χ1n) is 8.81. The van der Waals surface area contributed by atoms with Gasteiger partial charge in [0, 0.05) is 42.9 Å². The van der Waals surface area contributed by atoms with Crippen molar-refractivity contribution in [1.82, 2.24) is 25.4 Å². The molecule has 7 nitrogen and oxygen atoms in total. The third-order valence-electron chi connectivity index (χ3n) is 4.95. The van der Waals surface area contributed by atoms with Gasteiger partial charge in [-0.05, 0) is 30.0 Å². The predicted molar refractivity (Wildman–Crippen MR) is 97.6 cm³/mol. The molecule has 0 radical (unpaired) electrons. The lowest BCUT2D eigenvalue weighted by Gasteiger charge is -2.16. The van der Waals surface area contributed by atoms with Crippen LogP contribution in [0.1, 0.15) is 22.5 Å². The van der Waals surface area contributed by atoms with Crippen LogP contribution in [0.3, 0.4) is 0 Å². The molecule has 3 aromatic rings. The van der Waals surface area contributed by atoms with Crippen LogP contribution in [-0.2, 0) is 11.2 Å². The summed E-state index contributed by atoms with van der Waals surface area (Å²) in [7, 11) is 0. The highest BCUT2D eigenvalue weighted by Crippen LogP contribution is 2.21. The Hall–Kier alpha value is -3.09. The Morgan fingerprint density at radius 3 is 3.00 bits per heavy atom. The molecule has 2 amide bonds. The molecule has 0 spiro atoms. The Labute approximate surface area is 150 Å². The fourth-order valence-electron chi connectivity index (χ4n) is 3.49. The van der Waals surface area contributed by atoms with E-state index in [1.807, 2.05) is 35.4 Å². The van der Waals surface area contributed by atoms with Crippen LogP contribution in [0.4, 0.5) is 0 Å². The number of H-pyrrole nitrogens is 2. The van der Waals surface area contributed by atoms with E-state index < -0.39 is 0 Å². The number of benzene rings is 1. The maximum Gasteiger partial charge on any atom is 0.269 e. The number of carbonyl (C=O) groups excluding carboxylic acids is 2. The Morgan fingerprint density at radius 1 is 1.27 bits per heavy atom. The minimum Gasteiger partial charge on any atom is -0.361 e. The van der Waals surface area contributed by atoms with Gasteiger partial charge in [-0.2, -0.15) is 5.10 Å². The second-order valence-corrected chi connectivity index (χ2v) is 6.71. The molecule has 0 aliphatic carbocycles. The van der Waals surface area contributed by atoms with Crippen molar-refractivity contribution in [2.24, 2.45) is 5.92 Å². The molecule has 3 N–H and O–H groups in total. The molecular weight excluding hydrogens is 330 g/mol. The van der Waals surface area contributed by atoms with Crippen molar-refractivity contribution in [3.8, 4) is 0 Å². The molecule has 0 bridgehead atoms. The van der Waals surface area contributed by atoms with Gasteiger partial charge in [-0.1, -0.05) is 18.2 Å². The summed E-state index contributed by atoms with van der Waals surface area (Å²) in [4.78, 5) is 29.7. The summed E-state index contributed by atoms with van der Waals surface area (Å²) < 4.78 is 0. The number of likely N-dealkylation sites (tertiary alicyclic amines) is 1. The number of hydrogen-bond acceptors (Lipinski definition) is 3. The van der Waals surface area contributed by atoms with Crippen LogP contribution >= 0.6 is 0 Å². The Kier molecular flexibility index (Phi) is 4.43. The number of nitrogens with one attached hydrogen (secondary N) is 3. The second kappa shape index (κ2) is 7.03. The number of amides is 2. The first-order valence-corrected chi connectivity index (χ1v) is 8.81. The summed E-state index contributed by atoms with van der Waals surface area (Å²) in [6.45, 7) is 1.99. The van der Waals surface area contributed by atoms with E-state index in [1.54, 1.807) is 12.3 Å². The molecule has 1 unspecified atom stereocenters. The van der Waals surface area contributed by atoms with Gasteiger partial charge in [0.1, 0.15) is 5.69 Å². The topological polar surface area (TPSA) is 93.9 Å². The fourth-order valence-corrected chi connectivity index (χ4v) is 3.49. The van der Waals surface area contributed by atoms with Gasteiger partial charge in [0.25, 0.3) is 5.91 Å². The first kappa shape index (κ1) is 16.4. The van der Waals surface area contributed by atoms with Gasteiger partial charge in [0.05, 0.1) is 6.42 Å². The van der Waals surface area contributed by atoms with E-state index in [1.165, 1.54) is 0 Å². The van der Waals surface area contributed by atoms with Crippen molar-refractivity contribution in [3.63, 3.8) is 0 Å². The number of para-hydroxylation sites is 1. The number of carbonyl (C=O) groups is 2. The average molecular weight is 351 g/mol. The summed E-state index contributed by atoms with van der Waals surface area (Å²) in [6, 6.07) is 9.65. The quantitative estimate of drug-likeness (QED) is 0.653. The number of rotatable bonds is 5. The minimum atomic E-state index is -0.161. The molecule has 4 rings (SSSR count). The molecule has 0 saturated carbocycles. The normalized spacial score (nSPS) is 16.9. The largest absolute Gasteiger partial charge is 0.361 e. The minimum absolute atomic E-state index is 0.136. The molecule has 1 aromatic carbocycles. The van der Waals surface area contributed by atoms with Crippen LogP contribution in [-0.4, -0.2) is 51.5 Å². The molecule has 1 atom stereocenters. The van der Waals surface area contributed by atoms with Crippen LogP contribution in [0, 0.1) is 5.92 Å². The van der Waals surface area contributed by atoms with Crippen LogP contribution in [0.2, 0.25) is 0 Å². The van der Waals surface area contributed by atoms with Gasteiger partial charge < -0.3 is 15.2 Å². The third-order valence-corrected chi connectivity index (χ3v) is 4.95. The van der Waals surface area contributed by atoms with Crippen LogP contribution < -0.4 is 5.32 Å². The smallest absolute Gasteiger partial charge is 0.269 e. The summed E-state index contributed by atoms with van der Waals surface area (Å²) in [5.41, 5.74) is 2.54. The van der Waals surface area contributed by atoms with E-state index in [9.17, 15) is 9.59 Å². The van der Waals surface area contributed by atoms with Crippen molar-refractivity contribution >= 4 is 22.7 Å². The van der Waals surface area contributed by atoms with Gasteiger partial charge in [0.15, 0.2) is 0 Å². The van der Waals surface area contributed by atoms with Crippen molar-refractivity contribution in [2.45, 2.75) is 12.8 Å². The van der Waals surface area contributed by atoms with Crippen molar-refractivity contribution in [1.29, 1.82) is 0 Å². The highest BCUT2D eigenvalue weighted by molar-refractivity contribution is 5.92. The number of nitrogens with zero attached hydrogens (tertiary/aromatic N) is 2. The average Bonchev–Trinajstić information content (AvgIpc) is 3.40. The highest BCUT2D eigenvalue weighted by Gasteiger charge is 2.27.